The molecular weight excluding hydrogens is 334 g/mol. The first-order chi connectivity index (χ1) is 12.1. The average molecular weight is 352 g/mol. The Hall–Kier alpha value is -2.51. The molecule has 1 aromatic carbocycles. The Bertz CT molecular complexity index is 1130. The van der Waals surface area contributed by atoms with Gasteiger partial charge in [0, 0.05) is 6.42 Å². The van der Waals surface area contributed by atoms with E-state index < -0.39 is 0 Å². The maximum absolute atomic E-state index is 10.1. The normalized spacial score (nSPS) is 17.3. The third-order valence-corrected chi connectivity index (χ3v) is 6.01. The zero-order valence-electron chi connectivity index (χ0n) is 14.1. The molecule has 4 heterocycles. The van der Waals surface area contributed by atoms with E-state index in [0.29, 0.717) is 11.4 Å². The van der Waals surface area contributed by atoms with Crippen molar-refractivity contribution >= 4 is 27.2 Å². The number of likely N-dealkylation sites (N-methyl/N-ethyl adjacent to an activating group) is 1. The van der Waals surface area contributed by atoms with Gasteiger partial charge in [-0.15, -0.1) is 16.4 Å². The fraction of sp³-hybridized carbons (Fsp3) is 0.278. The van der Waals surface area contributed by atoms with Gasteiger partial charge in [0.05, 0.1) is 29.4 Å². The Labute approximate surface area is 148 Å². The van der Waals surface area contributed by atoms with Crippen molar-refractivity contribution in [2.75, 3.05) is 13.6 Å². The summed E-state index contributed by atoms with van der Waals surface area (Å²) in [6.45, 7) is 4.12. The van der Waals surface area contributed by atoms with Crippen molar-refractivity contribution in [3.8, 4) is 17.1 Å². The van der Waals surface area contributed by atoms with Gasteiger partial charge in [-0.05, 0) is 24.6 Å². The predicted molar refractivity (Wildman–Crippen MR) is 97.2 cm³/mol. The molecule has 1 aliphatic heterocycles. The lowest BCUT2D eigenvalue weighted by Crippen LogP contribution is -3.08. The Morgan fingerprint density at radius 3 is 2.92 bits per heavy atom. The zero-order chi connectivity index (χ0) is 17.1. The summed E-state index contributed by atoms with van der Waals surface area (Å²) in [7, 11) is 2.23. The van der Waals surface area contributed by atoms with Crippen molar-refractivity contribution in [2.45, 2.75) is 19.9 Å². The molecule has 1 aliphatic rings. The number of thiophene rings is 1. The van der Waals surface area contributed by atoms with Gasteiger partial charge in [0.15, 0.2) is 11.5 Å². The van der Waals surface area contributed by atoms with E-state index in [2.05, 4.69) is 12.1 Å². The first-order valence-corrected chi connectivity index (χ1v) is 9.21. The largest absolute Gasteiger partial charge is 0.507 e. The van der Waals surface area contributed by atoms with E-state index in [0.717, 1.165) is 41.2 Å². The Kier molecular flexibility index (Phi) is 3.10. The van der Waals surface area contributed by atoms with Crippen LogP contribution in [0.15, 0.2) is 24.3 Å². The molecule has 4 aromatic rings. The molecule has 0 bridgehead atoms. The zero-order valence-corrected chi connectivity index (χ0v) is 14.9. The molecular formula is C18H18N5OS+. The van der Waals surface area contributed by atoms with E-state index >= 15 is 0 Å². The number of aromatic hydroxyl groups is 1. The number of phenolic OH excluding ortho intramolecular Hbond substituents is 1. The predicted octanol–water partition coefficient (Wildman–Crippen LogP) is 1.59. The lowest BCUT2D eigenvalue weighted by molar-refractivity contribution is -0.895. The first kappa shape index (κ1) is 14.8. The number of rotatable bonds is 1. The molecule has 0 amide bonds. The minimum Gasteiger partial charge on any atom is -0.507 e. The topological polar surface area (TPSA) is 67.8 Å². The number of nitrogens with one attached hydrogen (secondary N) is 1. The first-order valence-electron chi connectivity index (χ1n) is 8.39. The molecule has 3 aromatic heterocycles. The smallest absolute Gasteiger partial charge is 0.185 e. The number of quaternary nitrogens is 1. The SMILES string of the molecule is Cc1nc2sc3c(c2c2nc(-c4ccccc4O)nn12)CC[NH+](C)C3. The molecule has 2 N–H and O–H groups in total. The second-order valence-electron chi connectivity index (χ2n) is 6.66. The van der Waals surface area contributed by atoms with E-state index in [1.165, 1.54) is 15.3 Å². The van der Waals surface area contributed by atoms with Crippen molar-refractivity contribution in [2.24, 2.45) is 0 Å². The summed E-state index contributed by atoms with van der Waals surface area (Å²) >= 11 is 1.78. The van der Waals surface area contributed by atoms with Crippen LogP contribution in [0.1, 0.15) is 16.3 Å². The minimum absolute atomic E-state index is 0.192. The average Bonchev–Trinajstić information content (AvgIpc) is 3.16. The summed E-state index contributed by atoms with van der Waals surface area (Å²) in [4.78, 5) is 13.5. The van der Waals surface area contributed by atoms with E-state index in [1.54, 1.807) is 23.5 Å². The lowest BCUT2D eigenvalue weighted by atomic mass is 10.1. The van der Waals surface area contributed by atoms with Crippen LogP contribution in [0.2, 0.25) is 0 Å². The molecule has 5 rings (SSSR count). The third kappa shape index (κ3) is 2.16. The molecule has 126 valence electrons. The molecule has 0 aliphatic carbocycles. The van der Waals surface area contributed by atoms with Gasteiger partial charge >= 0.3 is 0 Å². The van der Waals surface area contributed by atoms with Crippen LogP contribution in [0.4, 0.5) is 0 Å². The molecule has 7 heteroatoms. The van der Waals surface area contributed by atoms with Crippen LogP contribution in [0.5, 0.6) is 5.75 Å². The highest BCUT2D eigenvalue weighted by molar-refractivity contribution is 7.19. The molecule has 6 nitrogen and oxygen atoms in total. The van der Waals surface area contributed by atoms with Crippen LogP contribution in [-0.4, -0.2) is 38.3 Å². The summed E-state index contributed by atoms with van der Waals surface area (Å²) in [5.41, 5.74) is 2.86. The number of fused-ring (bicyclic) bond motifs is 5. The minimum atomic E-state index is 0.192. The van der Waals surface area contributed by atoms with Crippen LogP contribution in [-0.2, 0) is 13.0 Å². The fourth-order valence-corrected chi connectivity index (χ4v) is 4.96. The number of hydrogen-bond donors (Lipinski definition) is 2. The van der Waals surface area contributed by atoms with Crippen molar-refractivity contribution in [1.82, 2.24) is 19.6 Å². The van der Waals surface area contributed by atoms with E-state index in [1.807, 2.05) is 23.6 Å². The van der Waals surface area contributed by atoms with Crippen LogP contribution in [0, 0.1) is 6.92 Å². The molecule has 1 atom stereocenters. The van der Waals surface area contributed by atoms with Crippen LogP contribution < -0.4 is 4.90 Å². The second-order valence-corrected chi connectivity index (χ2v) is 7.75. The quantitative estimate of drug-likeness (QED) is 0.546. The van der Waals surface area contributed by atoms with E-state index in [4.69, 9.17) is 9.97 Å². The summed E-state index contributed by atoms with van der Waals surface area (Å²) < 4.78 is 1.81. The summed E-state index contributed by atoms with van der Waals surface area (Å²) in [6.07, 6.45) is 1.04. The molecule has 0 saturated heterocycles. The Balaban J connectivity index is 1.82. The van der Waals surface area contributed by atoms with Gasteiger partial charge in [-0.3, -0.25) is 0 Å². The van der Waals surface area contributed by atoms with Crippen molar-refractivity contribution < 1.29 is 10.0 Å². The molecule has 0 radical (unpaired) electrons. The fourth-order valence-electron chi connectivity index (χ4n) is 3.59. The van der Waals surface area contributed by atoms with Gasteiger partial charge in [0.25, 0.3) is 0 Å². The standard InChI is InChI=1S/C18H17N5OS/c1-10-19-18-15(12-7-8-22(2)9-14(12)25-18)17-20-16(21-23(10)17)11-5-3-4-6-13(11)24/h3-6,24H,7-9H2,1-2H3/p+1. The van der Waals surface area contributed by atoms with Gasteiger partial charge in [-0.1, -0.05) is 12.1 Å². The molecule has 0 saturated carbocycles. The summed E-state index contributed by atoms with van der Waals surface area (Å²) in [5.74, 6) is 1.54. The monoisotopic (exact) mass is 352 g/mol. The van der Waals surface area contributed by atoms with E-state index in [9.17, 15) is 5.11 Å². The lowest BCUT2D eigenvalue weighted by Gasteiger charge is -2.19. The number of hydrogen-bond acceptors (Lipinski definition) is 5. The summed E-state index contributed by atoms with van der Waals surface area (Å²) in [6, 6.07) is 7.18. The van der Waals surface area contributed by atoms with Crippen molar-refractivity contribution in [3.05, 3.63) is 40.5 Å². The second kappa shape index (κ2) is 5.24. The number of phenols is 1. The highest BCUT2D eigenvalue weighted by Crippen LogP contribution is 2.35. The third-order valence-electron chi connectivity index (χ3n) is 4.88. The van der Waals surface area contributed by atoms with Crippen LogP contribution in [0.3, 0.4) is 0 Å². The molecule has 0 spiro atoms. The maximum Gasteiger partial charge on any atom is 0.185 e. The molecule has 0 fully saturated rings. The van der Waals surface area contributed by atoms with Gasteiger partial charge < -0.3 is 10.0 Å². The maximum atomic E-state index is 10.1. The van der Waals surface area contributed by atoms with Gasteiger partial charge in [0.2, 0.25) is 0 Å². The number of nitrogens with zero attached hydrogens (tertiary/aromatic N) is 4. The van der Waals surface area contributed by atoms with Gasteiger partial charge in [-0.2, -0.15) is 4.52 Å². The van der Waals surface area contributed by atoms with E-state index in [-0.39, 0.29) is 5.75 Å². The number of aryl methyl sites for hydroxylation is 1. The highest BCUT2D eigenvalue weighted by Gasteiger charge is 2.25. The van der Waals surface area contributed by atoms with Crippen molar-refractivity contribution in [3.63, 3.8) is 0 Å². The Morgan fingerprint density at radius 1 is 1.24 bits per heavy atom. The van der Waals surface area contributed by atoms with Crippen LogP contribution >= 0.6 is 11.3 Å². The van der Waals surface area contributed by atoms with Crippen molar-refractivity contribution in [1.29, 1.82) is 0 Å². The number of para-hydroxylation sites is 1. The Morgan fingerprint density at radius 2 is 2.08 bits per heavy atom. The number of benzene rings is 1. The molecule has 1 unspecified atom stereocenters. The molecule has 25 heavy (non-hydrogen) atoms. The number of aromatic nitrogens is 4. The van der Waals surface area contributed by atoms with Crippen LogP contribution in [0.25, 0.3) is 27.3 Å². The van der Waals surface area contributed by atoms with Gasteiger partial charge in [0.1, 0.15) is 22.9 Å². The summed E-state index contributed by atoms with van der Waals surface area (Å²) in [5, 5.41) is 15.9. The highest BCUT2D eigenvalue weighted by atomic mass is 32.1. The van der Waals surface area contributed by atoms with Gasteiger partial charge in [-0.25, -0.2) is 9.97 Å².